The van der Waals surface area contributed by atoms with Crippen LogP contribution in [0.2, 0.25) is 0 Å². The summed E-state index contributed by atoms with van der Waals surface area (Å²) in [7, 11) is 1.64. The summed E-state index contributed by atoms with van der Waals surface area (Å²) in [6.45, 7) is 8.21. The number of nitrogens with zero attached hydrogens (tertiary/aromatic N) is 2. The number of ether oxygens (including phenoxy) is 1. The maximum absolute atomic E-state index is 13.0. The number of hydrogen-bond donors (Lipinski definition) is 1. The van der Waals surface area contributed by atoms with Crippen LogP contribution in [0.15, 0.2) is 54.6 Å². The fourth-order valence-electron chi connectivity index (χ4n) is 2.87. The van der Waals surface area contributed by atoms with Crippen LogP contribution in [0.3, 0.4) is 0 Å². The van der Waals surface area contributed by atoms with Crippen molar-refractivity contribution in [2.24, 2.45) is 5.92 Å². The van der Waals surface area contributed by atoms with Crippen LogP contribution in [0.5, 0.6) is 5.75 Å². The molecule has 1 heterocycles. The van der Waals surface area contributed by atoms with Crippen molar-refractivity contribution in [2.45, 2.75) is 33.7 Å². The van der Waals surface area contributed by atoms with E-state index in [0.29, 0.717) is 11.6 Å². The van der Waals surface area contributed by atoms with E-state index in [1.165, 1.54) is 0 Å². The summed E-state index contributed by atoms with van der Waals surface area (Å²) in [5.41, 5.74) is 4.10. The van der Waals surface area contributed by atoms with Crippen LogP contribution >= 0.6 is 0 Å². The molecule has 0 radical (unpaired) electrons. The molecule has 0 saturated heterocycles. The number of carbonyl (C=O) groups excluding carboxylic acids is 1. The van der Waals surface area contributed by atoms with Gasteiger partial charge < -0.3 is 10.1 Å². The zero-order valence-corrected chi connectivity index (χ0v) is 17.1. The second-order valence-electron chi connectivity index (χ2n) is 7.40. The standard InChI is InChI=1S/C23H27N3O2/c1-15(2)17(4)24-23(27)22-14-21(18-9-7-11-20(13-18)28-5)25-26(22)19-10-6-8-16(3)12-19/h6-15,17H,1-5H3,(H,24,27). The predicted molar refractivity (Wildman–Crippen MR) is 112 cm³/mol. The van der Waals surface area contributed by atoms with Gasteiger partial charge in [-0.05, 0) is 55.7 Å². The molecule has 1 amide bonds. The SMILES string of the molecule is COc1cccc(-c2cc(C(=O)NC(C)C(C)C)n(-c3cccc(C)c3)n2)c1. The van der Waals surface area contributed by atoms with Gasteiger partial charge in [0.1, 0.15) is 11.4 Å². The normalized spacial score (nSPS) is 12.1. The molecule has 0 bridgehead atoms. The van der Waals surface area contributed by atoms with E-state index in [-0.39, 0.29) is 11.9 Å². The van der Waals surface area contributed by atoms with Crippen LogP contribution in [0.4, 0.5) is 0 Å². The summed E-state index contributed by atoms with van der Waals surface area (Å²) in [5, 5.41) is 7.82. The number of hydrogen-bond acceptors (Lipinski definition) is 3. The molecule has 2 aromatic carbocycles. The fraction of sp³-hybridized carbons (Fsp3) is 0.304. The van der Waals surface area contributed by atoms with Crippen LogP contribution in [0.25, 0.3) is 16.9 Å². The molecule has 0 aliphatic heterocycles. The van der Waals surface area contributed by atoms with Gasteiger partial charge in [0.25, 0.3) is 5.91 Å². The lowest BCUT2D eigenvalue weighted by Gasteiger charge is -2.17. The third-order valence-electron chi connectivity index (χ3n) is 4.91. The Morgan fingerprint density at radius 2 is 1.82 bits per heavy atom. The molecule has 0 fully saturated rings. The number of rotatable bonds is 6. The lowest BCUT2D eigenvalue weighted by atomic mass is 10.1. The monoisotopic (exact) mass is 377 g/mol. The van der Waals surface area contributed by atoms with E-state index in [9.17, 15) is 4.79 Å². The maximum atomic E-state index is 13.0. The molecule has 0 aliphatic carbocycles. The highest BCUT2D eigenvalue weighted by Crippen LogP contribution is 2.25. The summed E-state index contributed by atoms with van der Waals surface area (Å²) in [5.74, 6) is 0.962. The van der Waals surface area contributed by atoms with Gasteiger partial charge in [-0.3, -0.25) is 4.79 Å². The van der Waals surface area contributed by atoms with E-state index in [2.05, 4.69) is 19.2 Å². The molecule has 0 aliphatic rings. The first-order chi connectivity index (χ1) is 13.4. The van der Waals surface area contributed by atoms with E-state index in [4.69, 9.17) is 9.84 Å². The molecule has 5 nitrogen and oxygen atoms in total. The Balaban J connectivity index is 2.08. The summed E-state index contributed by atoms with van der Waals surface area (Å²) in [6, 6.07) is 17.5. The minimum absolute atomic E-state index is 0.0635. The molecule has 28 heavy (non-hydrogen) atoms. The Labute approximate surface area is 166 Å². The molecule has 146 valence electrons. The highest BCUT2D eigenvalue weighted by atomic mass is 16.5. The van der Waals surface area contributed by atoms with Crippen molar-refractivity contribution in [1.29, 1.82) is 0 Å². The van der Waals surface area contributed by atoms with Crippen molar-refractivity contribution in [3.8, 4) is 22.7 Å². The van der Waals surface area contributed by atoms with Gasteiger partial charge in [-0.1, -0.05) is 38.1 Å². The fourth-order valence-corrected chi connectivity index (χ4v) is 2.87. The molecule has 3 aromatic rings. The van der Waals surface area contributed by atoms with Gasteiger partial charge in [0.05, 0.1) is 18.5 Å². The first-order valence-corrected chi connectivity index (χ1v) is 9.51. The summed E-state index contributed by atoms with van der Waals surface area (Å²) in [4.78, 5) is 13.0. The highest BCUT2D eigenvalue weighted by Gasteiger charge is 2.20. The second-order valence-corrected chi connectivity index (χ2v) is 7.40. The van der Waals surface area contributed by atoms with Gasteiger partial charge in [0.2, 0.25) is 0 Å². The van der Waals surface area contributed by atoms with E-state index >= 15 is 0 Å². The molecule has 1 aromatic heterocycles. The van der Waals surface area contributed by atoms with Gasteiger partial charge >= 0.3 is 0 Å². The largest absolute Gasteiger partial charge is 0.497 e. The number of carbonyl (C=O) groups is 1. The zero-order chi connectivity index (χ0) is 20.3. The summed E-state index contributed by atoms with van der Waals surface area (Å²) < 4.78 is 7.04. The summed E-state index contributed by atoms with van der Waals surface area (Å²) in [6.07, 6.45) is 0. The molecule has 0 saturated carbocycles. The Hall–Kier alpha value is -3.08. The van der Waals surface area contributed by atoms with Crippen molar-refractivity contribution in [3.05, 3.63) is 65.9 Å². The third kappa shape index (κ3) is 4.25. The Morgan fingerprint density at radius 3 is 2.50 bits per heavy atom. The quantitative estimate of drug-likeness (QED) is 0.681. The van der Waals surface area contributed by atoms with Crippen LogP contribution in [0.1, 0.15) is 36.8 Å². The van der Waals surface area contributed by atoms with E-state index in [1.54, 1.807) is 11.8 Å². The minimum Gasteiger partial charge on any atom is -0.497 e. The van der Waals surface area contributed by atoms with Crippen molar-refractivity contribution < 1.29 is 9.53 Å². The number of aryl methyl sites for hydroxylation is 1. The van der Waals surface area contributed by atoms with Crippen LogP contribution in [0, 0.1) is 12.8 Å². The number of benzene rings is 2. The van der Waals surface area contributed by atoms with Gasteiger partial charge in [-0.25, -0.2) is 4.68 Å². The molecule has 1 atom stereocenters. The van der Waals surface area contributed by atoms with Gasteiger partial charge in [-0.2, -0.15) is 5.10 Å². The highest BCUT2D eigenvalue weighted by molar-refractivity contribution is 5.94. The average Bonchev–Trinajstić information content (AvgIpc) is 3.13. The Morgan fingerprint density at radius 1 is 1.07 bits per heavy atom. The maximum Gasteiger partial charge on any atom is 0.270 e. The average molecular weight is 377 g/mol. The first-order valence-electron chi connectivity index (χ1n) is 9.51. The van der Waals surface area contributed by atoms with Gasteiger partial charge in [-0.15, -0.1) is 0 Å². The van der Waals surface area contributed by atoms with Gasteiger partial charge in [0, 0.05) is 11.6 Å². The first kappa shape index (κ1) is 19.7. The molecule has 5 heteroatoms. The number of methoxy groups -OCH3 is 1. The van der Waals surface area contributed by atoms with E-state index in [0.717, 1.165) is 28.3 Å². The lowest BCUT2D eigenvalue weighted by molar-refractivity contribution is 0.0922. The molecular weight excluding hydrogens is 350 g/mol. The van der Waals surface area contributed by atoms with Crippen LogP contribution < -0.4 is 10.1 Å². The smallest absolute Gasteiger partial charge is 0.270 e. The minimum atomic E-state index is -0.135. The zero-order valence-electron chi connectivity index (χ0n) is 17.1. The van der Waals surface area contributed by atoms with Crippen molar-refractivity contribution >= 4 is 5.91 Å². The molecular formula is C23H27N3O2. The van der Waals surface area contributed by atoms with Crippen molar-refractivity contribution in [2.75, 3.05) is 7.11 Å². The number of amides is 1. The van der Waals surface area contributed by atoms with Crippen LogP contribution in [-0.2, 0) is 0 Å². The van der Waals surface area contributed by atoms with Gasteiger partial charge in [0.15, 0.2) is 0 Å². The Bertz CT molecular complexity index is 975. The van der Waals surface area contributed by atoms with E-state index in [1.807, 2.05) is 68.4 Å². The molecule has 3 rings (SSSR count). The summed E-state index contributed by atoms with van der Waals surface area (Å²) >= 11 is 0. The number of nitrogens with one attached hydrogen (secondary N) is 1. The van der Waals surface area contributed by atoms with Crippen molar-refractivity contribution in [1.82, 2.24) is 15.1 Å². The third-order valence-corrected chi connectivity index (χ3v) is 4.91. The molecule has 1 unspecified atom stereocenters. The van der Waals surface area contributed by atoms with Crippen molar-refractivity contribution in [3.63, 3.8) is 0 Å². The molecule has 1 N–H and O–H groups in total. The Kier molecular flexibility index (Phi) is 5.83. The predicted octanol–water partition coefficient (Wildman–Crippen LogP) is 4.63. The van der Waals surface area contributed by atoms with Crippen LogP contribution in [-0.4, -0.2) is 28.8 Å². The molecule has 0 spiro atoms. The topological polar surface area (TPSA) is 56.1 Å². The lowest BCUT2D eigenvalue weighted by Crippen LogP contribution is -2.37. The number of aromatic nitrogens is 2. The van der Waals surface area contributed by atoms with E-state index < -0.39 is 0 Å². The second kappa shape index (κ2) is 8.30.